The van der Waals surface area contributed by atoms with E-state index in [9.17, 15) is 4.79 Å². The number of allylic oxidation sites excluding steroid dienone is 2. The largest absolute Gasteiger partial charge is 0.469 e. The third-order valence-electron chi connectivity index (χ3n) is 2.47. The summed E-state index contributed by atoms with van der Waals surface area (Å²) in [5, 5.41) is 0. The maximum absolute atomic E-state index is 11.0. The predicted molar refractivity (Wildman–Crippen MR) is 63.8 cm³/mol. The number of esters is 1. The minimum Gasteiger partial charge on any atom is -0.469 e. The van der Waals surface area contributed by atoms with Crippen molar-refractivity contribution in [3.05, 3.63) is 11.6 Å². The average molecular weight is 212 g/mol. The molecule has 0 atom stereocenters. The van der Waals surface area contributed by atoms with Gasteiger partial charge in [-0.05, 0) is 25.7 Å². The summed E-state index contributed by atoms with van der Waals surface area (Å²) in [7, 11) is 1.45. The maximum atomic E-state index is 11.0. The van der Waals surface area contributed by atoms with Gasteiger partial charge in [0.1, 0.15) is 0 Å². The topological polar surface area (TPSA) is 26.3 Å². The van der Waals surface area contributed by atoms with Crippen LogP contribution in [0.1, 0.15) is 58.8 Å². The first kappa shape index (κ1) is 14.2. The van der Waals surface area contributed by atoms with Gasteiger partial charge in [0.25, 0.3) is 0 Å². The predicted octanol–water partition coefficient (Wildman–Crippen LogP) is 3.86. The smallest absolute Gasteiger partial charge is 0.305 e. The van der Waals surface area contributed by atoms with E-state index in [4.69, 9.17) is 0 Å². The van der Waals surface area contributed by atoms with Crippen LogP contribution in [0.4, 0.5) is 0 Å². The van der Waals surface area contributed by atoms with Crippen molar-refractivity contribution in [1.29, 1.82) is 0 Å². The highest BCUT2D eigenvalue weighted by Gasteiger charge is 2.03. The lowest BCUT2D eigenvalue weighted by atomic mass is 10.0. The van der Waals surface area contributed by atoms with Gasteiger partial charge in [-0.15, -0.1) is 0 Å². The number of rotatable bonds is 8. The van der Waals surface area contributed by atoms with Crippen LogP contribution in [0, 0.1) is 0 Å². The summed E-state index contributed by atoms with van der Waals surface area (Å²) in [6.45, 7) is 4.34. The highest BCUT2D eigenvalue weighted by atomic mass is 16.5. The number of hydrogen-bond acceptors (Lipinski definition) is 2. The highest BCUT2D eigenvalue weighted by molar-refractivity contribution is 5.69. The molecule has 0 aromatic carbocycles. The summed E-state index contributed by atoms with van der Waals surface area (Å²) in [4.78, 5) is 11.0. The van der Waals surface area contributed by atoms with Gasteiger partial charge in [0.15, 0.2) is 0 Å². The fourth-order valence-corrected chi connectivity index (χ4v) is 1.58. The minimum atomic E-state index is -0.104. The normalized spacial score (nSPS) is 11.5. The van der Waals surface area contributed by atoms with E-state index in [1.54, 1.807) is 0 Å². The Morgan fingerprint density at radius 2 is 1.87 bits per heavy atom. The lowest BCUT2D eigenvalue weighted by Gasteiger charge is -2.06. The first-order valence-corrected chi connectivity index (χ1v) is 5.99. The molecule has 0 aliphatic carbocycles. The van der Waals surface area contributed by atoms with E-state index >= 15 is 0 Å². The number of methoxy groups -OCH3 is 1. The minimum absolute atomic E-state index is 0.104. The Bertz CT molecular complexity index is 195. The molecular weight excluding hydrogens is 188 g/mol. The van der Waals surface area contributed by atoms with Crippen LogP contribution in [0.2, 0.25) is 0 Å². The van der Waals surface area contributed by atoms with Gasteiger partial charge >= 0.3 is 5.97 Å². The molecule has 0 spiro atoms. The molecular formula is C13H24O2. The molecule has 0 unspecified atom stereocenters. The average Bonchev–Trinajstić information content (AvgIpc) is 2.25. The number of hydrogen-bond donors (Lipinski definition) is 0. The first-order valence-electron chi connectivity index (χ1n) is 5.99. The second-order valence-corrected chi connectivity index (χ2v) is 3.80. The van der Waals surface area contributed by atoms with Crippen LogP contribution in [-0.4, -0.2) is 13.1 Å². The molecule has 0 heterocycles. The SMILES string of the molecule is CC/C=C(\CCCCC)CCC(=O)OC. The van der Waals surface area contributed by atoms with Gasteiger partial charge in [0.05, 0.1) is 7.11 Å². The number of carbonyl (C=O) groups is 1. The van der Waals surface area contributed by atoms with Gasteiger partial charge in [0, 0.05) is 6.42 Å². The van der Waals surface area contributed by atoms with Gasteiger partial charge in [-0.2, -0.15) is 0 Å². The zero-order valence-corrected chi connectivity index (χ0v) is 10.3. The van der Waals surface area contributed by atoms with E-state index in [1.807, 2.05) is 0 Å². The quantitative estimate of drug-likeness (QED) is 0.347. The maximum Gasteiger partial charge on any atom is 0.305 e. The van der Waals surface area contributed by atoms with Gasteiger partial charge in [-0.3, -0.25) is 4.79 Å². The van der Waals surface area contributed by atoms with Crippen molar-refractivity contribution in [3.63, 3.8) is 0 Å². The third kappa shape index (κ3) is 8.22. The summed E-state index contributed by atoms with van der Waals surface area (Å²) in [6, 6.07) is 0. The number of ether oxygens (including phenoxy) is 1. The second kappa shape index (κ2) is 9.75. The van der Waals surface area contributed by atoms with Crippen molar-refractivity contribution in [2.45, 2.75) is 58.8 Å². The Hall–Kier alpha value is -0.790. The zero-order chi connectivity index (χ0) is 11.5. The molecule has 0 saturated carbocycles. The third-order valence-corrected chi connectivity index (χ3v) is 2.47. The Balaban J connectivity index is 3.83. The molecule has 0 fully saturated rings. The summed E-state index contributed by atoms with van der Waals surface area (Å²) in [5.74, 6) is -0.104. The van der Waals surface area contributed by atoms with Gasteiger partial charge in [0.2, 0.25) is 0 Å². The Labute approximate surface area is 93.7 Å². The van der Waals surface area contributed by atoms with E-state index in [2.05, 4.69) is 24.7 Å². The van der Waals surface area contributed by atoms with Crippen LogP contribution in [0.3, 0.4) is 0 Å². The van der Waals surface area contributed by atoms with Gasteiger partial charge < -0.3 is 4.74 Å². The fourth-order valence-electron chi connectivity index (χ4n) is 1.58. The Morgan fingerprint density at radius 3 is 2.40 bits per heavy atom. The first-order chi connectivity index (χ1) is 7.24. The molecule has 2 nitrogen and oxygen atoms in total. The summed E-state index contributed by atoms with van der Waals surface area (Å²) in [5.41, 5.74) is 1.41. The molecule has 2 heteroatoms. The molecule has 0 aliphatic heterocycles. The van der Waals surface area contributed by atoms with E-state index in [-0.39, 0.29) is 5.97 Å². The molecule has 15 heavy (non-hydrogen) atoms. The summed E-state index contributed by atoms with van der Waals surface area (Å²) < 4.78 is 4.64. The van der Waals surface area contributed by atoms with Crippen LogP contribution in [-0.2, 0) is 9.53 Å². The lowest BCUT2D eigenvalue weighted by Crippen LogP contribution is -2.00. The fraction of sp³-hybridized carbons (Fsp3) is 0.769. The summed E-state index contributed by atoms with van der Waals surface area (Å²) >= 11 is 0. The monoisotopic (exact) mass is 212 g/mol. The molecule has 0 aromatic heterocycles. The summed E-state index contributed by atoms with van der Waals surface area (Å²) in [6.07, 6.45) is 9.60. The van der Waals surface area contributed by atoms with Crippen LogP contribution in [0.5, 0.6) is 0 Å². The molecule has 0 radical (unpaired) electrons. The Kier molecular flexibility index (Phi) is 9.24. The standard InChI is InChI=1S/C13H24O2/c1-4-6-7-9-12(8-5-2)10-11-13(14)15-3/h8H,4-7,9-11H2,1-3H3/b12-8+. The molecule has 0 N–H and O–H groups in total. The molecule has 0 rings (SSSR count). The van der Waals surface area contributed by atoms with E-state index < -0.39 is 0 Å². The molecule has 0 aromatic rings. The molecule has 0 aliphatic rings. The molecule has 0 saturated heterocycles. The zero-order valence-electron chi connectivity index (χ0n) is 10.3. The van der Waals surface area contributed by atoms with Crippen molar-refractivity contribution < 1.29 is 9.53 Å². The molecule has 0 bridgehead atoms. The molecule has 0 amide bonds. The van der Waals surface area contributed by atoms with Gasteiger partial charge in [-0.25, -0.2) is 0 Å². The van der Waals surface area contributed by atoms with Gasteiger partial charge in [-0.1, -0.05) is 38.3 Å². The number of carbonyl (C=O) groups excluding carboxylic acids is 1. The van der Waals surface area contributed by atoms with Crippen molar-refractivity contribution in [2.75, 3.05) is 7.11 Å². The second-order valence-electron chi connectivity index (χ2n) is 3.80. The van der Waals surface area contributed by atoms with E-state index in [1.165, 1.54) is 31.9 Å². The van der Waals surface area contributed by atoms with Crippen LogP contribution in [0.25, 0.3) is 0 Å². The van der Waals surface area contributed by atoms with E-state index in [0.717, 1.165) is 19.3 Å². The highest BCUT2D eigenvalue weighted by Crippen LogP contribution is 2.15. The van der Waals surface area contributed by atoms with Crippen LogP contribution >= 0.6 is 0 Å². The van der Waals surface area contributed by atoms with Crippen molar-refractivity contribution in [2.24, 2.45) is 0 Å². The van der Waals surface area contributed by atoms with Crippen LogP contribution in [0.15, 0.2) is 11.6 Å². The van der Waals surface area contributed by atoms with Crippen molar-refractivity contribution in [1.82, 2.24) is 0 Å². The van der Waals surface area contributed by atoms with Crippen molar-refractivity contribution >= 4 is 5.97 Å². The van der Waals surface area contributed by atoms with Crippen LogP contribution < -0.4 is 0 Å². The molecule has 88 valence electrons. The lowest BCUT2D eigenvalue weighted by molar-refractivity contribution is -0.140. The van der Waals surface area contributed by atoms with Crippen molar-refractivity contribution in [3.8, 4) is 0 Å². The van der Waals surface area contributed by atoms with E-state index in [0.29, 0.717) is 6.42 Å². The Morgan fingerprint density at radius 1 is 1.13 bits per heavy atom. The number of unbranched alkanes of at least 4 members (excludes halogenated alkanes) is 2.